The Morgan fingerprint density at radius 1 is 1.36 bits per heavy atom. The van der Waals surface area contributed by atoms with Gasteiger partial charge in [-0.3, -0.25) is 4.98 Å². The van der Waals surface area contributed by atoms with Crippen LogP contribution in [0.1, 0.15) is 37.8 Å². The number of ether oxygens (including phenoxy) is 2. The molecule has 1 saturated carbocycles. The number of aromatic nitrogens is 4. The number of hydrogen-bond donors (Lipinski definition) is 0. The summed E-state index contributed by atoms with van der Waals surface area (Å²) in [4.78, 5) is 4.53. The summed E-state index contributed by atoms with van der Waals surface area (Å²) in [6.45, 7) is 7.15. The quantitative estimate of drug-likeness (QED) is 0.805. The van der Waals surface area contributed by atoms with E-state index in [1.54, 1.807) is 4.68 Å². The molecule has 0 amide bonds. The Morgan fingerprint density at radius 2 is 2.20 bits per heavy atom. The third kappa shape index (κ3) is 3.89. The fraction of sp³-hybridized carbons (Fsp3) is 0.526. The van der Waals surface area contributed by atoms with E-state index in [9.17, 15) is 0 Å². The SMILES string of the molecule is Cc1cc(C#CC2CC2)cnc1-c1cn(CC2OCC(C)(C)O2)nn1. The molecule has 6 heteroatoms. The van der Waals surface area contributed by atoms with Crippen molar-refractivity contribution in [2.24, 2.45) is 5.92 Å². The Kier molecular flexibility index (Phi) is 4.06. The largest absolute Gasteiger partial charge is 0.348 e. The molecule has 2 fully saturated rings. The van der Waals surface area contributed by atoms with Crippen molar-refractivity contribution in [3.8, 4) is 23.2 Å². The van der Waals surface area contributed by atoms with Crippen molar-refractivity contribution < 1.29 is 9.47 Å². The standard InChI is InChI=1S/C19H22N4O2/c1-13-8-15(7-6-14-4-5-14)9-20-18(13)16-10-23(22-21-16)11-17-24-12-19(2,3)25-17/h8-10,14,17H,4-5,11-12H2,1-3H3. The molecule has 2 aliphatic rings. The van der Waals surface area contributed by atoms with Crippen molar-refractivity contribution in [1.29, 1.82) is 0 Å². The summed E-state index contributed by atoms with van der Waals surface area (Å²) < 4.78 is 13.2. The molecule has 2 aromatic rings. The summed E-state index contributed by atoms with van der Waals surface area (Å²) in [6.07, 6.45) is 5.85. The molecule has 6 nitrogen and oxygen atoms in total. The normalized spacial score (nSPS) is 21.8. The average molecular weight is 338 g/mol. The number of pyridine rings is 1. The molecule has 1 atom stereocenters. The van der Waals surface area contributed by atoms with Crippen LogP contribution in [0.2, 0.25) is 0 Å². The number of nitrogens with zero attached hydrogens (tertiary/aromatic N) is 4. The smallest absolute Gasteiger partial charge is 0.178 e. The van der Waals surface area contributed by atoms with E-state index in [4.69, 9.17) is 9.47 Å². The van der Waals surface area contributed by atoms with E-state index in [1.807, 2.05) is 33.2 Å². The van der Waals surface area contributed by atoms with Gasteiger partial charge in [-0.05, 0) is 45.2 Å². The first-order chi connectivity index (χ1) is 12.0. The molecule has 1 aliphatic carbocycles. The highest BCUT2D eigenvalue weighted by molar-refractivity contribution is 5.58. The predicted molar refractivity (Wildman–Crippen MR) is 92.5 cm³/mol. The molecule has 130 valence electrons. The van der Waals surface area contributed by atoms with Gasteiger partial charge in [0.05, 0.1) is 30.6 Å². The van der Waals surface area contributed by atoms with Gasteiger partial charge in [-0.1, -0.05) is 17.1 Å². The molecule has 0 aromatic carbocycles. The predicted octanol–water partition coefficient (Wildman–Crippen LogP) is 2.56. The number of rotatable bonds is 3. The Labute approximate surface area is 147 Å². The molecule has 0 spiro atoms. The lowest BCUT2D eigenvalue weighted by atomic mass is 10.1. The van der Waals surface area contributed by atoms with Crippen LogP contribution < -0.4 is 0 Å². The summed E-state index contributed by atoms with van der Waals surface area (Å²) in [6, 6.07) is 2.06. The molecule has 1 aliphatic heterocycles. The van der Waals surface area contributed by atoms with Gasteiger partial charge >= 0.3 is 0 Å². The van der Waals surface area contributed by atoms with Crippen molar-refractivity contribution in [1.82, 2.24) is 20.0 Å². The molecule has 2 aromatic heterocycles. The van der Waals surface area contributed by atoms with Gasteiger partial charge in [0.15, 0.2) is 6.29 Å². The van der Waals surface area contributed by atoms with Crippen molar-refractivity contribution in [3.05, 3.63) is 29.6 Å². The zero-order chi connectivity index (χ0) is 17.4. The lowest BCUT2D eigenvalue weighted by molar-refractivity contribution is -0.0887. The van der Waals surface area contributed by atoms with Crippen LogP contribution in [0.15, 0.2) is 18.5 Å². The van der Waals surface area contributed by atoms with Crippen molar-refractivity contribution in [2.45, 2.75) is 52.0 Å². The minimum absolute atomic E-state index is 0.246. The molecule has 0 bridgehead atoms. The highest BCUT2D eigenvalue weighted by atomic mass is 16.7. The van der Waals surface area contributed by atoms with Gasteiger partial charge in [-0.15, -0.1) is 5.10 Å². The second-order valence-corrected chi connectivity index (χ2v) is 7.38. The van der Waals surface area contributed by atoms with Crippen LogP contribution in [0.4, 0.5) is 0 Å². The van der Waals surface area contributed by atoms with Crippen LogP contribution in [0.25, 0.3) is 11.4 Å². The summed E-state index contributed by atoms with van der Waals surface area (Å²) in [7, 11) is 0. The minimum atomic E-state index is -0.293. The number of aryl methyl sites for hydroxylation is 1. The van der Waals surface area contributed by atoms with Crippen LogP contribution in [-0.2, 0) is 16.0 Å². The van der Waals surface area contributed by atoms with Gasteiger partial charge in [0.2, 0.25) is 0 Å². The maximum atomic E-state index is 5.82. The Bertz CT molecular complexity index is 843. The molecule has 0 N–H and O–H groups in total. The van der Waals surface area contributed by atoms with Crippen molar-refractivity contribution in [3.63, 3.8) is 0 Å². The second kappa shape index (κ2) is 6.25. The van der Waals surface area contributed by atoms with Gasteiger partial charge < -0.3 is 9.47 Å². The first kappa shape index (κ1) is 16.2. The summed E-state index contributed by atoms with van der Waals surface area (Å²) in [5.74, 6) is 7.05. The van der Waals surface area contributed by atoms with E-state index in [-0.39, 0.29) is 11.9 Å². The maximum absolute atomic E-state index is 5.82. The second-order valence-electron chi connectivity index (χ2n) is 7.38. The molecule has 4 rings (SSSR count). The molecule has 0 radical (unpaired) electrons. The van der Waals surface area contributed by atoms with Crippen LogP contribution in [-0.4, -0.2) is 38.5 Å². The Morgan fingerprint density at radius 3 is 2.88 bits per heavy atom. The molecular weight excluding hydrogens is 316 g/mol. The van der Waals surface area contributed by atoms with Crippen LogP contribution in [0, 0.1) is 24.7 Å². The van der Waals surface area contributed by atoms with Gasteiger partial charge in [0.25, 0.3) is 0 Å². The average Bonchev–Trinajstić information content (AvgIpc) is 3.18. The minimum Gasteiger partial charge on any atom is -0.348 e. The first-order valence-corrected chi connectivity index (χ1v) is 8.67. The molecule has 25 heavy (non-hydrogen) atoms. The van der Waals surface area contributed by atoms with E-state index in [1.165, 1.54) is 12.8 Å². The molecule has 1 saturated heterocycles. The third-order valence-electron chi connectivity index (χ3n) is 4.26. The molecule has 1 unspecified atom stereocenters. The Hall–Kier alpha value is -2.23. The molecule has 3 heterocycles. The topological polar surface area (TPSA) is 62.1 Å². The monoisotopic (exact) mass is 338 g/mol. The van der Waals surface area contributed by atoms with Gasteiger partial charge in [0, 0.05) is 17.7 Å². The van der Waals surface area contributed by atoms with Crippen molar-refractivity contribution >= 4 is 0 Å². The fourth-order valence-electron chi connectivity index (χ4n) is 2.78. The Balaban J connectivity index is 1.47. The zero-order valence-corrected chi connectivity index (χ0v) is 14.8. The maximum Gasteiger partial charge on any atom is 0.178 e. The van der Waals surface area contributed by atoms with Crippen LogP contribution >= 0.6 is 0 Å². The zero-order valence-electron chi connectivity index (χ0n) is 14.8. The van der Waals surface area contributed by atoms with Gasteiger partial charge in [0.1, 0.15) is 5.69 Å². The third-order valence-corrected chi connectivity index (χ3v) is 4.26. The summed E-state index contributed by atoms with van der Waals surface area (Å²) >= 11 is 0. The number of hydrogen-bond acceptors (Lipinski definition) is 5. The fourth-order valence-corrected chi connectivity index (χ4v) is 2.78. The van der Waals surface area contributed by atoms with E-state index >= 15 is 0 Å². The van der Waals surface area contributed by atoms with Crippen LogP contribution in [0.5, 0.6) is 0 Å². The lowest BCUT2D eigenvalue weighted by Crippen LogP contribution is -2.24. The van der Waals surface area contributed by atoms with Gasteiger partial charge in [-0.2, -0.15) is 0 Å². The van der Waals surface area contributed by atoms with Crippen molar-refractivity contribution in [2.75, 3.05) is 6.61 Å². The van der Waals surface area contributed by atoms with E-state index < -0.39 is 0 Å². The van der Waals surface area contributed by atoms with Crippen LogP contribution in [0.3, 0.4) is 0 Å². The summed E-state index contributed by atoms with van der Waals surface area (Å²) in [5, 5.41) is 8.42. The van der Waals surface area contributed by atoms with E-state index in [0.717, 1.165) is 22.5 Å². The van der Waals surface area contributed by atoms with E-state index in [0.29, 0.717) is 19.1 Å². The highest BCUT2D eigenvalue weighted by Crippen LogP contribution is 2.28. The van der Waals surface area contributed by atoms with Gasteiger partial charge in [-0.25, -0.2) is 4.68 Å². The first-order valence-electron chi connectivity index (χ1n) is 8.67. The van der Waals surface area contributed by atoms with E-state index in [2.05, 4.69) is 33.2 Å². The highest BCUT2D eigenvalue weighted by Gasteiger charge is 2.33. The molecular formula is C19H22N4O2. The lowest BCUT2D eigenvalue weighted by Gasteiger charge is -2.15. The summed E-state index contributed by atoms with van der Waals surface area (Å²) in [5.41, 5.74) is 3.33.